The van der Waals surface area contributed by atoms with Gasteiger partial charge in [0, 0.05) is 6.20 Å². The molecule has 0 aliphatic carbocycles. The van der Waals surface area contributed by atoms with E-state index in [4.69, 9.17) is 16.9 Å². The molecule has 102 valence electrons. The molecule has 0 unspecified atom stereocenters. The van der Waals surface area contributed by atoms with E-state index >= 15 is 0 Å². The highest BCUT2D eigenvalue weighted by Crippen LogP contribution is 2.22. The molecule has 0 atom stereocenters. The summed E-state index contributed by atoms with van der Waals surface area (Å²) in [6.45, 7) is 0. The van der Waals surface area contributed by atoms with E-state index in [0.717, 1.165) is 0 Å². The van der Waals surface area contributed by atoms with Crippen molar-refractivity contribution in [3.05, 3.63) is 58.9 Å². The fourth-order valence-corrected chi connectivity index (χ4v) is 3.06. The fourth-order valence-electron chi connectivity index (χ4n) is 1.62. The molecule has 1 aromatic carbocycles. The van der Waals surface area contributed by atoms with E-state index in [-0.39, 0.29) is 16.5 Å². The number of aromatic nitrogens is 1. The van der Waals surface area contributed by atoms with Crippen molar-refractivity contribution in [3.8, 4) is 6.07 Å². The van der Waals surface area contributed by atoms with E-state index in [9.17, 15) is 8.42 Å². The summed E-state index contributed by atoms with van der Waals surface area (Å²) < 4.78 is 26.5. The molecule has 0 saturated carbocycles. The number of pyridine rings is 1. The Morgan fingerprint density at radius 3 is 2.75 bits per heavy atom. The molecule has 2 rings (SSSR count). The van der Waals surface area contributed by atoms with Crippen LogP contribution in [0.3, 0.4) is 0 Å². The summed E-state index contributed by atoms with van der Waals surface area (Å²) in [5.41, 5.74) is 0.973. The average molecular weight is 308 g/mol. The van der Waals surface area contributed by atoms with Crippen LogP contribution >= 0.6 is 11.6 Å². The number of halogens is 1. The summed E-state index contributed by atoms with van der Waals surface area (Å²) in [5.74, 6) is -0.304. The lowest BCUT2D eigenvalue weighted by Gasteiger charge is -2.09. The molecule has 0 spiro atoms. The van der Waals surface area contributed by atoms with Gasteiger partial charge in [0.25, 0.3) is 0 Å². The van der Waals surface area contributed by atoms with Crippen molar-refractivity contribution < 1.29 is 8.42 Å². The Balaban J connectivity index is 2.25. The fraction of sp³-hybridized carbons (Fsp3) is 0.0769. The van der Waals surface area contributed by atoms with Crippen molar-refractivity contribution in [2.24, 2.45) is 0 Å². The smallest absolute Gasteiger partial charge is 0.237 e. The second-order valence-corrected chi connectivity index (χ2v) is 6.12. The van der Waals surface area contributed by atoms with E-state index < -0.39 is 10.0 Å². The maximum atomic E-state index is 12.1. The summed E-state index contributed by atoms with van der Waals surface area (Å²) in [6, 6.07) is 9.99. The molecular formula is C13H10ClN3O2S. The van der Waals surface area contributed by atoms with Gasteiger partial charge in [-0.25, -0.2) is 8.42 Å². The number of anilines is 1. The van der Waals surface area contributed by atoms with Crippen LogP contribution in [0.5, 0.6) is 0 Å². The van der Waals surface area contributed by atoms with Crippen molar-refractivity contribution in [3.63, 3.8) is 0 Å². The molecule has 7 heteroatoms. The lowest BCUT2D eigenvalue weighted by molar-refractivity contribution is 0.600. The molecule has 0 radical (unpaired) electrons. The Morgan fingerprint density at radius 1 is 1.30 bits per heavy atom. The van der Waals surface area contributed by atoms with Crippen LogP contribution in [0.4, 0.5) is 5.69 Å². The molecule has 0 amide bonds. The van der Waals surface area contributed by atoms with Crippen LogP contribution in [0.2, 0.25) is 5.02 Å². The van der Waals surface area contributed by atoms with Crippen molar-refractivity contribution in [2.45, 2.75) is 5.75 Å². The molecule has 0 fully saturated rings. The van der Waals surface area contributed by atoms with Gasteiger partial charge in [-0.15, -0.1) is 0 Å². The lowest BCUT2D eigenvalue weighted by Crippen LogP contribution is -2.16. The molecule has 0 bridgehead atoms. The van der Waals surface area contributed by atoms with Crippen LogP contribution in [0, 0.1) is 11.3 Å². The van der Waals surface area contributed by atoms with Gasteiger partial charge in [-0.2, -0.15) is 5.26 Å². The zero-order valence-corrected chi connectivity index (χ0v) is 11.8. The van der Waals surface area contributed by atoms with E-state index in [1.54, 1.807) is 24.3 Å². The Bertz CT molecular complexity index is 769. The maximum absolute atomic E-state index is 12.1. The molecule has 5 nitrogen and oxygen atoms in total. The Labute approximate surface area is 121 Å². The van der Waals surface area contributed by atoms with Crippen LogP contribution in [-0.4, -0.2) is 13.4 Å². The Hall–Kier alpha value is -2.10. The van der Waals surface area contributed by atoms with Gasteiger partial charge in [0.1, 0.15) is 0 Å². The number of hydrogen-bond donors (Lipinski definition) is 1. The lowest BCUT2D eigenvalue weighted by atomic mass is 10.1. The van der Waals surface area contributed by atoms with Gasteiger partial charge < -0.3 is 0 Å². The van der Waals surface area contributed by atoms with Crippen molar-refractivity contribution in [1.29, 1.82) is 5.26 Å². The number of nitrogens with zero attached hydrogens (tertiary/aromatic N) is 2. The predicted octanol–water partition coefficient (Wildman–Crippen LogP) is 2.55. The molecule has 1 heterocycles. The quantitative estimate of drug-likeness (QED) is 0.941. The van der Waals surface area contributed by atoms with Crippen LogP contribution in [0.15, 0.2) is 42.7 Å². The van der Waals surface area contributed by atoms with Gasteiger partial charge in [0.2, 0.25) is 10.0 Å². The highest BCUT2D eigenvalue weighted by Gasteiger charge is 2.15. The first-order chi connectivity index (χ1) is 9.52. The largest absolute Gasteiger partial charge is 0.280 e. The molecule has 2 aromatic rings. The first-order valence-corrected chi connectivity index (χ1v) is 7.63. The molecule has 0 saturated heterocycles. The van der Waals surface area contributed by atoms with Crippen molar-refractivity contribution >= 4 is 27.3 Å². The minimum Gasteiger partial charge on any atom is -0.280 e. The van der Waals surface area contributed by atoms with Crippen LogP contribution in [0.1, 0.15) is 11.1 Å². The maximum Gasteiger partial charge on any atom is 0.237 e. The highest BCUT2D eigenvalue weighted by atomic mass is 35.5. The van der Waals surface area contributed by atoms with Gasteiger partial charge in [-0.05, 0) is 17.7 Å². The van der Waals surface area contributed by atoms with Gasteiger partial charge >= 0.3 is 0 Å². The normalized spacial score (nSPS) is 10.8. The van der Waals surface area contributed by atoms with E-state index in [1.807, 2.05) is 6.07 Å². The summed E-state index contributed by atoms with van der Waals surface area (Å²) in [4.78, 5) is 3.81. The number of rotatable bonds is 4. The van der Waals surface area contributed by atoms with E-state index in [2.05, 4.69) is 9.71 Å². The second kappa shape index (κ2) is 5.90. The monoisotopic (exact) mass is 307 g/mol. The number of nitriles is 1. The first-order valence-electron chi connectivity index (χ1n) is 5.60. The van der Waals surface area contributed by atoms with Gasteiger partial charge in [-0.3, -0.25) is 9.71 Å². The molecule has 0 aliphatic rings. The summed E-state index contributed by atoms with van der Waals surface area (Å²) >= 11 is 5.87. The van der Waals surface area contributed by atoms with E-state index in [0.29, 0.717) is 11.1 Å². The number of hydrogen-bond acceptors (Lipinski definition) is 4. The SMILES string of the molecule is N#Cc1ccccc1CS(=O)(=O)Nc1cnccc1Cl. The first kappa shape index (κ1) is 14.3. The number of nitrogens with one attached hydrogen (secondary N) is 1. The topological polar surface area (TPSA) is 82.8 Å². The second-order valence-electron chi connectivity index (χ2n) is 3.99. The van der Waals surface area contributed by atoms with Gasteiger partial charge in [0.05, 0.1) is 34.3 Å². The number of sulfonamides is 1. The zero-order chi connectivity index (χ0) is 14.6. The number of benzene rings is 1. The zero-order valence-electron chi connectivity index (χ0n) is 10.2. The van der Waals surface area contributed by atoms with Crippen LogP contribution in [0.25, 0.3) is 0 Å². The Kier molecular flexibility index (Phi) is 4.23. The van der Waals surface area contributed by atoms with Crippen molar-refractivity contribution in [1.82, 2.24) is 4.98 Å². The van der Waals surface area contributed by atoms with Crippen molar-refractivity contribution in [2.75, 3.05) is 4.72 Å². The molecule has 1 N–H and O–H groups in total. The Morgan fingerprint density at radius 2 is 2.05 bits per heavy atom. The van der Waals surface area contributed by atoms with Crippen LogP contribution in [-0.2, 0) is 15.8 Å². The molecule has 20 heavy (non-hydrogen) atoms. The third-order valence-corrected chi connectivity index (χ3v) is 4.07. The summed E-state index contributed by atoms with van der Waals surface area (Å²) in [6.07, 6.45) is 2.79. The molecular weight excluding hydrogens is 298 g/mol. The minimum absolute atomic E-state index is 0.212. The van der Waals surface area contributed by atoms with Gasteiger partial charge in [-0.1, -0.05) is 29.8 Å². The average Bonchev–Trinajstić information content (AvgIpc) is 2.41. The predicted molar refractivity (Wildman–Crippen MR) is 76.7 cm³/mol. The molecule has 0 aliphatic heterocycles. The summed E-state index contributed by atoms with van der Waals surface area (Å²) in [5, 5.41) is 9.21. The van der Waals surface area contributed by atoms with E-state index in [1.165, 1.54) is 18.5 Å². The third kappa shape index (κ3) is 3.47. The third-order valence-electron chi connectivity index (χ3n) is 2.52. The highest BCUT2D eigenvalue weighted by molar-refractivity contribution is 7.91. The standard InChI is InChI=1S/C13H10ClN3O2S/c14-12-5-6-16-8-13(12)17-20(18,19)9-11-4-2-1-3-10(11)7-15/h1-6,8,17H,9H2. The van der Waals surface area contributed by atoms with Crippen LogP contribution < -0.4 is 4.72 Å². The van der Waals surface area contributed by atoms with Gasteiger partial charge in [0.15, 0.2) is 0 Å². The summed E-state index contributed by atoms with van der Waals surface area (Å²) in [7, 11) is -3.67. The minimum atomic E-state index is -3.67. The molecule has 1 aromatic heterocycles.